The van der Waals surface area contributed by atoms with Crippen LogP contribution in [0.5, 0.6) is 0 Å². The first kappa shape index (κ1) is 13.9. The number of nitrogens with zero attached hydrogens (tertiary/aromatic N) is 2. The Bertz CT molecular complexity index is 655. The van der Waals surface area contributed by atoms with E-state index in [0.717, 1.165) is 30.9 Å². The molecule has 3 rings (SSSR count). The number of aromatic nitrogens is 1. The number of benzene rings is 1. The molecule has 110 valence electrons. The van der Waals surface area contributed by atoms with E-state index in [1.807, 2.05) is 6.92 Å². The SMILES string of the molecule is C/C=C/Cc1c(N)nc(N2CCCCC2)c2ccccc12. The maximum atomic E-state index is 6.26. The summed E-state index contributed by atoms with van der Waals surface area (Å²) in [6, 6.07) is 8.51. The molecule has 0 bridgehead atoms. The minimum atomic E-state index is 0.673. The molecule has 3 nitrogen and oxygen atoms in total. The summed E-state index contributed by atoms with van der Waals surface area (Å²) in [6.45, 7) is 4.21. The summed E-state index contributed by atoms with van der Waals surface area (Å²) in [5, 5.41) is 2.47. The maximum absolute atomic E-state index is 6.26. The number of hydrogen-bond donors (Lipinski definition) is 1. The van der Waals surface area contributed by atoms with Gasteiger partial charge < -0.3 is 10.6 Å². The molecule has 1 fully saturated rings. The number of piperidine rings is 1. The first-order chi connectivity index (χ1) is 10.3. The summed E-state index contributed by atoms with van der Waals surface area (Å²) >= 11 is 0. The van der Waals surface area contributed by atoms with Gasteiger partial charge in [-0.15, -0.1) is 0 Å². The number of nitrogens with two attached hydrogens (primary N) is 1. The second-order valence-corrected chi connectivity index (χ2v) is 5.67. The summed E-state index contributed by atoms with van der Waals surface area (Å²) < 4.78 is 0. The second kappa shape index (κ2) is 6.17. The lowest BCUT2D eigenvalue weighted by molar-refractivity contribution is 0.575. The van der Waals surface area contributed by atoms with Crippen LogP contribution in [0, 0.1) is 0 Å². The van der Waals surface area contributed by atoms with Crippen LogP contribution < -0.4 is 10.6 Å². The molecule has 1 aliphatic heterocycles. The molecule has 1 aromatic heterocycles. The molecule has 2 heterocycles. The third kappa shape index (κ3) is 2.73. The van der Waals surface area contributed by atoms with Gasteiger partial charge in [0.1, 0.15) is 11.6 Å². The highest BCUT2D eigenvalue weighted by Gasteiger charge is 2.17. The molecule has 0 atom stereocenters. The molecular formula is C18H23N3. The van der Waals surface area contributed by atoms with Gasteiger partial charge in [0, 0.05) is 24.0 Å². The van der Waals surface area contributed by atoms with E-state index >= 15 is 0 Å². The fraction of sp³-hybridized carbons (Fsp3) is 0.389. The third-order valence-electron chi connectivity index (χ3n) is 4.24. The zero-order chi connectivity index (χ0) is 14.7. The van der Waals surface area contributed by atoms with Crippen molar-refractivity contribution < 1.29 is 0 Å². The Balaban J connectivity index is 2.13. The van der Waals surface area contributed by atoms with Crippen molar-refractivity contribution in [1.82, 2.24) is 4.98 Å². The van der Waals surface area contributed by atoms with Crippen molar-refractivity contribution in [2.24, 2.45) is 0 Å². The van der Waals surface area contributed by atoms with Gasteiger partial charge in [0.25, 0.3) is 0 Å². The van der Waals surface area contributed by atoms with E-state index in [4.69, 9.17) is 10.7 Å². The van der Waals surface area contributed by atoms with Crippen LogP contribution in [0.3, 0.4) is 0 Å². The van der Waals surface area contributed by atoms with Crippen LogP contribution in [0.1, 0.15) is 31.7 Å². The van der Waals surface area contributed by atoms with Gasteiger partial charge in [0.15, 0.2) is 0 Å². The average molecular weight is 281 g/mol. The molecule has 1 aromatic carbocycles. The van der Waals surface area contributed by atoms with Crippen LogP contribution >= 0.6 is 0 Å². The van der Waals surface area contributed by atoms with Crippen molar-refractivity contribution in [3.05, 3.63) is 42.0 Å². The van der Waals surface area contributed by atoms with Crippen LogP contribution in [-0.2, 0) is 6.42 Å². The van der Waals surface area contributed by atoms with Crippen LogP contribution in [0.15, 0.2) is 36.4 Å². The second-order valence-electron chi connectivity index (χ2n) is 5.67. The van der Waals surface area contributed by atoms with Gasteiger partial charge in [0.2, 0.25) is 0 Å². The van der Waals surface area contributed by atoms with Gasteiger partial charge >= 0.3 is 0 Å². The van der Waals surface area contributed by atoms with E-state index in [9.17, 15) is 0 Å². The van der Waals surface area contributed by atoms with E-state index in [1.54, 1.807) is 0 Å². The number of fused-ring (bicyclic) bond motifs is 1. The Hall–Kier alpha value is -2.03. The van der Waals surface area contributed by atoms with Crippen LogP contribution in [-0.4, -0.2) is 18.1 Å². The van der Waals surface area contributed by atoms with Gasteiger partial charge in [-0.05, 0) is 38.0 Å². The van der Waals surface area contributed by atoms with Crippen molar-refractivity contribution in [3.8, 4) is 0 Å². The maximum Gasteiger partial charge on any atom is 0.138 e. The Morgan fingerprint density at radius 2 is 1.86 bits per heavy atom. The molecule has 0 aliphatic carbocycles. The first-order valence-corrected chi connectivity index (χ1v) is 7.84. The lowest BCUT2D eigenvalue weighted by Crippen LogP contribution is -2.30. The van der Waals surface area contributed by atoms with E-state index in [-0.39, 0.29) is 0 Å². The van der Waals surface area contributed by atoms with Crippen molar-refractivity contribution in [2.45, 2.75) is 32.6 Å². The standard InChI is InChI=1S/C18H23N3/c1-2-3-9-15-14-10-5-6-11-16(14)18(20-17(15)19)21-12-7-4-8-13-21/h2-3,5-6,10-11H,4,7-9,12-13H2,1H3,(H2,19,20)/b3-2+. The zero-order valence-electron chi connectivity index (χ0n) is 12.7. The molecule has 0 radical (unpaired) electrons. The normalized spacial score (nSPS) is 16.0. The predicted molar refractivity (Wildman–Crippen MR) is 90.7 cm³/mol. The highest BCUT2D eigenvalue weighted by atomic mass is 15.2. The highest BCUT2D eigenvalue weighted by Crippen LogP contribution is 2.32. The Labute approximate surface area is 126 Å². The number of allylic oxidation sites excluding steroid dienone is 2. The molecular weight excluding hydrogens is 258 g/mol. The van der Waals surface area contributed by atoms with Crippen LogP contribution in [0.4, 0.5) is 11.6 Å². The largest absolute Gasteiger partial charge is 0.383 e. The summed E-state index contributed by atoms with van der Waals surface area (Å²) in [4.78, 5) is 7.14. The minimum Gasteiger partial charge on any atom is -0.383 e. The molecule has 0 spiro atoms. The van der Waals surface area contributed by atoms with Crippen molar-refractivity contribution >= 4 is 22.4 Å². The summed E-state index contributed by atoms with van der Waals surface area (Å²) in [5.41, 5.74) is 7.41. The van der Waals surface area contributed by atoms with Crippen molar-refractivity contribution in [1.29, 1.82) is 0 Å². The molecule has 21 heavy (non-hydrogen) atoms. The fourth-order valence-electron chi connectivity index (χ4n) is 3.12. The molecule has 2 N–H and O–H groups in total. The molecule has 0 saturated carbocycles. The predicted octanol–water partition coefficient (Wildman–Crippen LogP) is 3.93. The van der Waals surface area contributed by atoms with Crippen LogP contribution in [0.2, 0.25) is 0 Å². The number of rotatable bonds is 3. The zero-order valence-corrected chi connectivity index (χ0v) is 12.7. The fourth-order valence-corrected chi connectivity index (χ4v) is 3.12. The number of pyridine rings is 1. The van der Waals surface area contributed by atoms with Crippen molar-refractivity contribution in [2.75, 3.05) is 23.7 Å². The Morgan fingerprint density at radius 3 is 2.57 bits per heavy atom. The topological polar surface area (TPSA) is 42.1 Å². The Kier molecular flexibility index (Phi) is 4.09. The summed E-state index contributed by atoms with van der Waals surface area (Å²) in [5.74, 6) is 1.74. The molecule has 1 saturated heterocycles. The van der Waals surface area contributed by atoms with E-state index < -0.39 is 0 Å². The molecule has 0 amide bonds. The quantitative estimate of drug-likeness (QED) is 0.867. The van der Waals surface area contributed by atoms with Crippen molar-refractivity contribution in [3.63, 3.8) is 0 Å². The lowest BCUT2D eigenvalue weighted by Gasteiger charge is -2.29. The van der Waals surface area contributed by atoms with Gasteiger partial charge in [-0.1, -0.05) is 36.4 Å². The summed E-state index contributed by atoms with van der Waals surface area (Å²) in [6.07, 6.45) is 8.86. The highest BCUT2D eigenvalue weighted by molar-refractivity contribution is 5.97. The van der Waals surface area contributed by atoms with E-state index in [0.29, 0.717) is 5.82 Å². The Morgan fingerprint density at radius 1 is 1.14 bits per heavy atom. The van der Waals surface area contributed by atoms with E-state index in [2.05, 4.69) is 41.3 Å². The average Bonchev–Trinajstić information content (AvgIpc) is 2.54. The smallest absolute Gasteiger partial charge is 0.138 e. The number of nitrogen functional groups attached to an aromatic ring is 1. The van der Waals surface area contributed by atoms with Gasteiger partial charge in [-0.25, -0.2) is 4.98 Å². The van der Waals surface area contributed by atoms with E-state index in [1.165, 1.54) is 30.0 Å². The third-order valence-corrected chi connectivity index (χ3v) is 4.24. The monoisotopic (exact) mass is 281 g/mol. The van der Waals surface area contributed by atoms with Gasteiger partial charge in [-0.2, -0.15) is 0 Å². The van der Waals surface area contributed by atoms with Gasteiger partial charge in [0.05, 0.1) is 0 Å². The number of anilines is 2. The number of hydrogen-bond acceptors (Lipinski definition) is 3. The molecule has 3 heteroatoms. The summed E-state index contributed by atoms with van der Waals surface area (Å²) in [7, 11) is 0. The molecule has 1 aliphatic rings. The molecule has 0 unspecified atom stereocenters. The van der Waals surface area contributed by atoms with Crippen LogP contribution in [0.25, 0.3) is 10.8 Å². The first-order valence-electron chi connectivity index (χ1n) is 7.84. The molecule has 2 aromatic rings. The van der Waals surface area contributed by atoms with Gasteiger partial charge in [-0.3, -0.25) is 0 Å². The minimum absolute atomic E-state index is 0.673. The lowest BCUT2D eigenvalue weighted by atomic mass is 10.0.